The number of urea groups is 1. The zero-order chi connectivity index (χ0) is 15.4. The van der Waals surface area contributed by atoms with Crippen LogP contribution in [0, 0.1) is 5.92 Å². The molecule has 0 saturated carbocycles. The standard InChI is InChI=1S/C13H21N3O5/c17-6-2-9-1-4-15(8-9)13(21)16-5-3-14-12(20)10(16)7-11(18)19/h9-10,17H,1-8H2,(H,14,20)(H,18,19). The van der Waals surface area contributed by atoms with Gasteiger partial charge in [-0.2, -0.15) is 0 Å². The minimum atomic E-state index is -1.10. The van der Waals surface area contributed by atoms with Gasteiger partial charge in [0.1, 0.15) is 6.04 Å². The van der Waals surface area contributed by atoms with Crippen LogP contribution in [0.2, 0.25) is 0 Å². The van der Waals surface area contributed by atoms with Gasteiger partial charge in [0.05, 0.1) is 6.42 Å². The van der Waals surface area contributed by atoms with Crippen molar-refractivity contribution in [1.29, 1.82) is 0 Å². The molecule has 2 rings (SSSR count). The third kappa shape index (κ3) is 3.63. The lowest BCUT2D eigenvalue weighted by molar-refractivity contribution is -0.142. The second-order valence-electron chi connectivity index (χ2n) is 5.49. The fourth-order valence-corrected chi connectivity index (χ4v) is 2.92. The highest BCUT2D eigenvalue weighted by Gasteiger charge is 2.38. The molecule has 3 amide bonds. The number of carbonyl (C=O) groups excluding carboxylic acids is 2. The molecule has 2 atom stereocenters. The number of hydrogen-bond donors (Lipinski definition) is 3. The number of aliphatic carboxylic acids is 1. The molecule has 2 saturated heterocycles. The van der Waals surface area contributed by atoms with Gasteiger partial charge in [-0.05, 0) is 18.8 Å². The summed E-state index contributed by atoms with van der Waals surface area (Å²) in [5, 5.41) is 20.4. The zero-order valence-electron chi connectivity index (χ0n) is 11.8. The maximum Gasteiger partial charge on any atom is 0.320 e. The van der Waals surface area contributed by atoms with Crippen molar-refractivity contribution < 1.29 is 24.6 Å². The van der Waals surface area contributed by atoms with E-state index in [0.717, 1.165) is 6.42 Å². The summed E-state index contributed by atoms with van der Waals surface area (Å²) in [6, 6.07) is -1.22. The molecule has 2 aliphatic rings. The van der Waals surface area contributed by atoms with Crippen molar-refractivity contribution in [3.05, 3.63) is 0 Å². The molecule has 8 heteroatoms. The Labute approximate surface area is 122 Å². The van der Waals surface area contributed by atoms with Gasteiger partial charge < -0.3 is 25.3 Å². The molecule has 2 unspecified atom stereocenters. The van der Waals surface area contributed by atoms with Gasteiger partial charge in [0.15, 0.2) is 0 Å². The van der Waals surface area contributed by atoms with Crippen molar-refractivity contribution in [1.82, 2.24) is 15.1 Å². The van der Waals surface area contributed by atoms with Crippen LogP contribution in [-0.4, -0.2) is 76.7 Å². The van der Waals surface area contributed by atoms with E-state index >= 15 is 0 Å². The average molecular weight is 299 g/mol. The van der Waals surface area contributed by atoms with Crippen LogP contribution in [0.15, 0.2) is 0 Å². The SMILES string of the molecule is O=C(O)CC1C(=O)NCCN1C(=O)N1CCC(CCO)C1. The third-order valence-corrected chi connectivity index (χ3v) is 4.04. The summed E-state index contributed by atoms with van der Waals surface area (Å²) >= 11 is 0. The smallest absolute Gasteiger partial charge is 0.320 e. The number of piperazine rings is 1. The third-order valence-electron chi connectivity index (χ3n) is 4.04. The van der Waals surface area contributed by atoms with Gasteiger partial charge in [0.2, 0.25) is 5.91 Å². The Morgan fingerprint density at radius 3 is 2.76 bits per heavy atom. The molecule has 0 aromatic carbocycles. The predicted octanol–water partition coefficient (Wildman–Crippen LogP) is -0.914. The Morgan fingerprint density at radius 2 is 2.10 bits per heavy atom. The normalized spacial score (nSPS) is 25.9. The Bertz CT molecular complexity index is 428. The number of nitrogens with one attached hydrogen (secondary N) is 1. The molecule has 2 aliphatic heterocycles. The molecular formula is C13H21N3O5. The fraction of sp³-hybridized carbons (Fsp3) is 0.769. The number of carbonyl (C=O) groups is 3. The van der Waals surface area contributed by atoms with E-state index in [4.69, 9.17) is 10.2 Å². The maximum absolute atomic E-state index is 12.5. The first-order valence-electron chi connectivity index (χ1n) is 7.19. The molecule has 8 nitrogen and oxygen atoms in total. The predicted molar refractivity (Wildman–Crippen MR) is 72.5 cm³/mol. The van der Waals surface area contributed by atoms with Crippen molar-refractivity contribution >= 4 is 17.9 Å². The van der Waals surface area contributed by atoms with Crippen LogP contribution in [0.5, 0.6) is 0 Å². The summed E-state index contributed by atoms with van der Waals surface area (Å²) < 4.78 is 0. The first kappa shape index (κ1) is 15.6. The van der Waals surface area contributed by atoms with E-state index in [0.29, 0.717) is 32.6 Å². The molecule has 0 aromatic rings. The molecule has 2 heterocycles. The van der Waals surface area contributed by atoms with Crippen LogP contribution in [0.1, 0.15) is 19.3 Å². The summed E-state index contributed by atoms with van der Waals surface area (Å²) in [6.45, 7) is 1.90. The number of hydrogen-bond acceptors (Lipinski definition) is 4. The van der Waals surface area contributed by atoms with Gasteiger partial charge in [-0.3, -0.25) is 9.59 Å². The highest BCUT2D eigenvalue weighted by atomic mass is 16.4. The van der Waals surface area contributed by atoms with E-state index in [-0.39, 0.29) is 25.0 Å². The molecule has 3 N–H and O–H groups in total. The van der Waals surface area contributed by atoms with Crippen molar-refractivity contribution in [3.8, 4) is 0 Å². The molecule has 0 radical (unpaired) electrons. The number of amides is 3. The number of carboxylic acid groups (broad SMARTS) is 1. The van der Waals surface area contributed by atoms with Crippen LogP contribution in [-0.2, 0) is 9.59 Å². The average Bonchev–Trinajstić information content (AvgIpc) is 2.89. The number of rotatable bonds is 4. The minimum Gasteiger partial charge on any atom is -0.481 e. The Hall–Kier alpha value is -1.83. The molecule has 118 valence electrons. The van der Waals surface area contributed by atoms with Crippen molar-refractivity contribution in [2.24, 2.45) is 5.92 Å². The highest BCUT2D eigenvalue weighted by Crippen LogP contribution is 2.22. The van der Waals surface area contributed by atoms with E-state index in [1.165, 1.54) is 4.90 Å². The number of aliphatic hydroxyl groups is 1. The molecule has 21 heavy (non-hydrogen) atoms. The summed E-state index contributed by atoms with van der Waals surface area (Å²) in [5.74, 6) is -1.24. The summed E-state index contributed by atoms with van der Waals surface area (Å²) in [6.07, 6.45) is 1.10. The lowest BCUT2D eigenvalue weighted by atomic mass is 10.1. The Kier molecular flexibility index (Phi) is 5.00. The summed E-state index contributed by atoms with van der Waals surface area (Å²) in [4.78, 5) is 38.2. The molecule has 0 bridgehead atoms. The summed E-state index contributed by atoms with van der Waals surface area (Å²) in [5.41, 5.74) is 0. The van der Waals surface area contributed by atoms with Gasteiger partial charge in [-0.15, -0.1) is 0 Å². The Morgan fingerprint density at radius 1 is 1.33 bits per heavy atom. The lowest BCUT2D eigenvalue weighted by Gasteiger charge is -2.36. The first-order chi connectivity index (χ1) is 10.0. The van der Waals surface area contributed by atoms with Crippen molar-refractivity contribution in [2.75, 3.05) is 32.8 Å². The first-order valence-corrected chi connectivity index (χ1v) is 7.19. The molecule has 2 fully saturated rings. The Balaban J connectivity index is 2.02. The van der Waals surface area contributed by atoms with E-state index in [1.807, 2.05) is 0 Å². The van der Waals surface area contributed by atoms with E-state index in [2.05, 4.69) is 5.32 Å². The maximum atomic E-state index is 12.5. The van der Waals surface area contributed by atoms with Crippen molar-refractivity contribution in [3.63, 3.8) is 0 Å². The van der Waals surface area contributed by atoms with E-state index in [9.17, 15) is 14.4 Å². The highest BCUT2D eigenvalue weighted by molar-refractivity contribution is 5.91. The van der Waals surface area contributed by atoms with Crippen LogP contribution in [0.4, 0.5) is 4.79 Å². The van der Waals surface area contributed by atoms with Gasteiger partial charge in [0.25, 0.3) is 0 Å². The van der Waals surface area contributed by atoms with Crippen LogP contribution in [0.25, 0.3) is 0 Å². The van der Waals surface area contributed by atoms with Crippen LogP contribution < -0.4 is 5.32 Å². The molecule has 0 aromatic heterocycles. The quantitative estimate of drug-likeness (QED) is 0.622. The number of aliphatic hydroxyl groups excluding tert-OH is 1. The van der Waals surface area contributed by atoms with E-state index < -0.39 is 17.9 Å². The van der Waals surface area contributed by atoms with Gasteiger partial charge in [-0.1, -0.05) is 0 Å². The second-order valence-corrected chi connectivity index (χ2v) is 5.49. The monoisotopic (exact) mass is 299 g/mol. The van der Waals surface area contributed by atoms with Gasteiger partial charge >= 0.3 is 12.0 Å². The van der Waals surface area contributed by atoms with Crippen LogP contribution in [0.3, 0.4) is 0 Å². The lowest BCUT2D eigenvalue weighted by Crippen LogP contribution is -2.60. The summed E-state index contributed by atoms with van der Waals surface area (Å²) in [7, 11) is 0. The number of likely N-dealkylation sites (tertiary alicyclic amines) is 1. The van der Waals surface area contributed by atoms with E-state index in [1.54, 1.807) is 4.90 Å². The minimum absolute atomic E-state index is 0.0977. The zero-order valence-corrected chi connectivity index (χ0v) is 11.8. The van der Waals surface area contributed by atoms with Gasteiger partial charge in [0, 0.05) is 32.8 Å². The molecule has 0 spiro atoms. The topological polar surface area (TPSA) is 110 Å². The van der Waals surface area contributed by atoms with Gasteiger partial charge in [-0.25, -0.2) is 4.79 Å². The molecular weight excluding hydrogens is 278 g/mol. The largest absolute Gasteiger partial charge is 0.481 e. The molecule has 0 aliphatic carbocycles. The number of nitrogens with zero attached hydrogens (tertiary/aromatic N) is 2. The fourth-order valence-electron chi connectivity index (χ4n) is 2.92. The second kappa shape index (κ2) is 6.75. The number of carboxylic acids is 1. The van der Waals surface area contributed by atoms with Crippen LogP contribution >= 0.6 is 0 Å². The van der Waals surface area contributed by atoms with Crippen molar-refractivity contribution in [2.45, 2.75) is 25.3 Å².